The maximum Gasteiger partial charge on any atom is 0.251 e. The standard InChI is InChI=1S/C18H19N3O/c1-3-12(2)19-18(22)14-10-8-13(9-11-14)17-20-15-6-4-5-7-16(15)21-17/h4-12H,3H2,1-2H3,(H,19,22)(H,20,21)/t12-/m0/s1. The van der Waals surface area contributed by atoms with Gasteiger partial charge in [-0.15, -0.1) is 0 Å². The monoisotopic (exact) mass is 293 g/mol. The van der Waals surface area contributed by atoms with Crippen LogP contribution in [0, 0.1) is 0 Å². The molecule has 4 heteroatoms. The molecule has 0 fully saturated rings. The summed E-state index contributed by atoms with van der Waals surface area (Å²) in [6, 6.07) is 15.6. The number of aromatic amines is 1. The van der Waals surface area contributed by atoms with Gasteiger partial charge in [-0.2, -0.15) is 0 Å². The zero-order valence-corrected chi connectivity index (χ0v) is 12.8. The summed E-state index contributed by atoms with van der Waals surface area (Å²) >= 11 is 0. The van der Waals surface area contributed by atoms with E-state index in [4.69, 9.17) is 0 Å². The molecule has 0 radical (unpaired) electrons. The number of amides is 1. The molecule has 1 amide bonds. The number of rotatable bonds is 4. The van der Waals surface area contributed by atoms with Gasteiger partial charge in [0.1, 0.15) is 5.82 Å². The second-order valence-electron chi connectivity index (χ2n) is 5.46. The van der Waals surface area contributed by atoms with E-state index < -0.39 is 0 Å². The van der Waals surface area contributed by atoms with Crippen LogP contribution in [0.3, 0.4) is 0 Å². The Morgan fingerprint density at radius 2 is 1.91 bits per heavy atom. The number of carbonyl (C=O) groups excluding carboxylic acids is 1. The minimum absolute atomic E-state index is 0.0366. The molecule has 2 aromatic carbocycles. The summed E-state index contributed by atoms with van der Waals surface area (Å²) in [5.41, 5.74) is 3.59. The number of benzene rings is 2. The predicted octanol–water partition coefficient (Wildman–Crippen LogP) is 3.76. The highest BCUT2D eigenvalue weighted by atomic mass is 16.1. The van der Waals surface area contributed by atoms with E-state index in [-0.39, 0.29) is 11.9 Å². The molecule has 3 aromatic rings. The molecule has 0 saturated carbocycles. The third-order valence-electron chi connectivity index (χ3n) is 3.80. The normalized spacial score (nSPS) is 12.3. The second-order valence-corrected chi connectivity index (χ2v) is 5.46. The van der Waals surface area contributed by atoms with Crippen LogP contribution in [-0.2, 0) is 0 Å². The van der Waals surface area contributed by atoms with Gasteiger partial charge in [-0.3, -0.25) is 4.79 Å². The van der Waals surface area contributed by atoms with E-state index in [0.29, 0.717) is 5.56 Å². The molecule has 1 heterocycles. The first-order valence-corrected chi connectivity index (χ1v) is 7.53. The molecule has 1 atom stereocenters. The SMILES string of the molecule is CC[C@H](C)NC(=O)c1ccc(-c2nc3ccccc3[nH]2)cc1. The molecule has 3 rings (SSSR count). The van der Waals surface area contributed by atoms with Crippen molar-refractivity contribution < 1.29 is 4.79 Å². The van der Waals surface area contributed by atoms with Crippen LogP contribution in [0.15, 0.2) is 48.5 Å². The van der Waals surface area contributed by atoms with Crippen molar-refractivity contribution in [1.29, 1.82) is 0 Å². The summed E-state index contributed by atoms with van der Waals surface area (Å²) in [6.07, 6.45) is 0.919. The Morgan fingerprint density at radius 1 is 1.18 bits per heavy atom. The molecule has 0 aliphatic carbocycles. The summed E-state index contributed by atoms with van der Waals surface area (Å²) < 4.78 is 0. The molecule has 2 N–H and O–H groups in total. The van der Waals surface area contributed by atoms with Crippen molar-refractivity contribution in [2.75, 3.05) is 0 Å². The van der Waals surface area contributed by atoms with Crippen molar-refractivity contribution >= 4 is 16.9 Å². The molecule has 0 aliphatic rings. The smallest absolute Gasteiger partial charge is 0.251 e. The van der Waals surface area contributed by atoms with E-state index >= 15 is 0 Å². The van der Waals surface area contributed by atoms with E-state index in [1.807, 2.05) is 55.5 Å². The van der Waals surface area contributed by atoms with Gasteiger partial charge < -0.3 is 10.3 Å². The Morgan fingerprint density at radius 3 is 2.59 bits per heavy atom. The fraction of sp³-hybridized carbons (Fsp3) is 0.222. The van der Waals surface area contributed by atoms with Crippen molar-refractivity contribution in [3.8, 4) is 11.4 Å². The second kappa shape index (κ2) is 6.02. The third-order valence-corrected chi connectivity index (χ3v) is 3.80. The average molecular weight is 293 g/mol. The molecule has 0 aliphatic heterocycles. The van der Waals surface area contributed by atoms with E-state index in [1.54, 1.807) is 0 Å². The molecule has 0 saturated heterocycles. The quantitative estimate of drug-likeness (QED) is 0.769. The van der Waals surface area contributed by atoms with E-state index in [9.17, 15) is 4.79 Å². The van der Waals surface area contributed by atoms with Crippen LogP contribution in [0.5, 0.6) is 0 Å². The summed E-state index contributed by atoms with van der Waals surface area (Å²) in [4.78, 5) is 19.9. The molecular weight excluding hydrogens is 274 g/mol. The minimum Gasteiger partial charge on any atom is -0.350 e. The van der Waals surface area contributed by atoms with Crippen molar-refractivity contribution in [3.63, 3.8) is 0 Å². The average Bonchev–Trinajstić information content (AvgIpc) is 2.98. The maximum absolute atomic E-state index is 12.1. The molecule has 22 heavy (non-hydrogen) atoms. The number of nitrogens with zero attached hydrogens (tertiary/aromatic N) is 1. The third kappa shape index (κ3) is 2.86. The van der Waals surface area contributed by atoms with Gasteiger partial charge in [0, 0.05) is 17.2 Å². The number of carbonyl (C=O) groups is 1. The van der Waals surface area contributed by atoms with Gasteiger partial charge in [0.2, 0.25) is 0 Å². The van der Waals surface area contributed by atoms with Crippen LogP contribution in [0.1, 0.15) is 30.6 Å². The van der Waals surface area contributed by atoms with Gasteiger partial charge in [-0.1, -0.05) is 31.2 Å². The molecule has 1 aromatic heterocycles. The number of hydrogen-bond acceptors (Lipinski definition) is 2. The van der Waals surface area contributed by atoms with Gasteiger partial charge in [-0.05, 0) is 37.6 Å². The Kier molecular flexibility index (Phi) is 3.92. The summed E-state index contributed by atoms with van der Waals surface area (Å²) in [6.45, 7) is 4.05. The van der Waals surface area contributed by atoms with Gasteiger partial charge in [-0.25, -0.2) is 4.98 Å². The number of hydrogen-bond donors (Lipinski definition) is 2. The highest BCUT2D eigenvalue weighted by Gasteiger charge is 2.10. The molecular formula is C18H19N3O. The van der Waals surface area contributed by atoms with Crippen LogP contribution in [-0.4, -0.2) is 21.9 Å². The van der Waals surface area contributed by atoms with Crippen molar-refractivity contribution in [2.24, 2.45) is 0 Å². The Bertz CT molecular complexity index is 756. The summed E-state index contributed by atoms with van der Waals surface area (Å²) in [5, 5.41) is 2.96. The Labute approximate surface area is 129 Å². The van der Waals surface area contributed by atoms with E-state index in [0.717, 1.165) is 28.8 Å². The molecule has 0 unspecified atom stereocenters. The van der Waals surface area contributed by atoms with Crippen molar-refractivity contribution in [3.05, 3.63) is 54.1 Å². The van der Waals surface area contributed by atoms with Gasteiger partial charge in [0.25, 0.3) is 5.91 Å². The highest BCUT2D eigenvalue weighted by molar-refractivity contribution is 5.94. The first kappa shape index (κ1) is 14.3. The minimum atomic E-state index is -0.0366. The fourth-order valence-electron chi connectivity index (χ4n) is 2.28. The number of aromatic nitrogens is 2. The predicted molar refractivity (Wildman–Crippen MR) is 88.7 cm³/mol. The number of H-pyrrole nitrogens is 1. The zero-order valence-electron chi connectivity index (χ0n) is 12.8. The Balaban J connectivity index is 1.83. The lowest BCUT2D eigenvalue weighted by molar-refractivity contribution is 0.0939. The van der Waals surface area contributed by atoms with Crippen LogP contribution >= 0.6 is 0 Å². The molecule has 0 spiro atoms. The first-order chi connectivity index (χ1) is 10.7. The van der Waals surface area contributed by atoms with Crippen LogP contribution in [0.2, 0.25) is 0 Å². The molecule has 0 bridgehead atoms. The number of imidazole rings is 1. The zero-order chi connectivity index (χ0) is 15.5. The van der Waals surface area contributed by atoms with Gasteiger partial charge in [0.15, 0.2) is 0 Å². The lowest BCUT2D eigenvalue weighted by atomic mass is 10.1. The number of fused-ring (bicyclic) bond motifs is 1. The lowest BCUT2D eigenvalue weighted by Crippen LogP contribution is -2.31. The van der Waals surface area contributed by atoms with Gasteiger partial charge in [0.05, 0.1) is 11.0 Å². The molecule has 112 valence electrons. The fourth-order valence-corrected chi connectivity index (χ4v) is 2.28. The van der Waals surface area contributed by atoms with Crippen molar-refractivity contribution in [1.82, 2.24) is 15.3 Å². The Hall–Kier alpha value is -2.62. The topological polar surface area (TPSA) is 57.8 Å². The highest BCUT2D eigenvalue weighted by Crippen LogP contribution is 2.20. The largest absolute Gasteiger partial charge is 0.350 e. The van der Waals surface area contributed by atoms with Crippen molar-refractivity contribution in [2.45, 2.75) is 26.3 Å². The summed E-state index contributed by atoms with van der Waals surface area (Å²) in [7, 11) is 0. The van der Waals surface area contributed by atoms with E-state index in [1.165, 1.54) is 0 Å². The summed E-state index contributed by atoms with van der Waals surface area (Å²) in [5.74, 6) is 0.778. The van der Waals surface area contributed by atoms with E-state index in [2.05, 4.69) is 22.2 Å². The van der Waals surface area contributed by atoms with Crippen LogP contribution in [0.25, 0.3) is 22.4 Å². The van der Waals surface area contributed by atoms with Crippen LogP contribution in [0.4, 0.5) is 0 Å². The van der Waals surface area contributed by atoms with Crippen LogP contribution < -0.4 is 5.32 Å². The lowest BCUT2D eigenvalue weighted by Gasteiger charge is -2.11. The number of nitrogens with one attached hydrogen (secondary N) is 2. The van der Waals surface area contributed by atoms with Gasteiger partial charge >= 0.3 is 0 Å². The molecule has 4 nitrogen and oxygen atoms in total. The number of para-hydroxylation sites is 2. The first-order valence-electron chi connectivity index (χ1n) is 7.53. The maximum atomic E-state index is 12.1.